The molecule has 0 atom stereocenters. The summed E-state index contributed by atoms with van der Waals surface area (Å²) in [6.45, 7) is 5.22. The van der Waals surface area contributed by atoms with E-state index in [0.717, 1.165) is 0 Å². The van der Waals surface area contributed by atoms with E-state index in [1.54, 1.807) is 45.0 Å². The van der Waals surface area contributed by atoms with E-state index in [4.69, 9.17) is 4.74 Å². The number of nitrogens with zero attached hydrogens (tertiary/aromatic N) is 1. The average Bonchev–Trinajstić information content (AvgIpc) is 3.60. The summed E-state index contributed by atoms with van der Waals surface area (Å²) in [7, 11) is 0. The number of alkyl halides is 2. The number of hydrogen-bond acceptors (Lipinski definition) is 7. The van der Waals surface area contributed by atoms with E-state index in [2.05, 4.69) is 14.5 Å². The van der Waals surface area contributed by atoms with Crippen LogP contribution in [0.1, 0.15) is 67.0 Å². The second-order valence-corrected chi connectivity index (χ2v) is 10.6. The van der Waals surface area contributed by atoms with Crippen LogP contribution in [0.2, 0.25) is 0 Å². The number of pyridine rings is 1. The zero-order valence-corrected chi connectivity index (χ0v) is 21.4. The monoisotopic (exact) mass is 539 g/mol. The molecule has 2 aliphatic rings. The molecule has 3 aromatic rings. The highest BCUT2D eigenvalue weighted by atomic mass is 19.3. The topological polar surface area (TPSA) is 112 Å². The van der Waals surface area contributed by atoms with Crippen molar-refractivity contribution in [3.63, 3.8) is 0 Å². The first-order chi connectivity index (χ1) is 18.3. The lowest BCUT2D eigenvalue weighted by Crippen LogP contribution is -2.26. The van der Waals surface area contributed by atoms with Gasteiger partial charge in [-0.3, -0.25) is 9.78 Å². The highest BCUT2D eigenvalue weighted by molar-refractivity contribution is 5.97. The molecule has 204 valence electrons. The van der Waals surface area contributed by atoms with Gasteiger partial charge < -0.3 is 19.3 Å². The first-order valence-electron chi connectivity index (χ1n) is 12.3. The predicted octanol–water partition coefficient (Wildman–Crippen LogP) is 5.81. The van der Waals surface area contributed by atoms with Gasteiger partial charge in [-0.1, -0.05) is 18.2 Å². The predicted molar refractivity (Wildman–Crippen MR) is 136 cm³/mol. The number of carbonyl (C=O) groups excluding carboxylic acids is 2. The SMILES string of the molecule is CC(C)(C)OC(=O)c1cccc(-c2nc(CC(=O)C3(c4ccc5c(c4)OC(F)(F)O5)CC3)ccc2C(=O)O)c1.[HH]. The molecule has 0 amide bonds. The average molecular weight is 540 g/mol. The van der Waals surface area contributed by atoms with Crippen molar-refractivity contribution in [1.82, 2.24) is 4.98 Å². The lowest BCUT2D eigenvalue weighted by Gasteiger charge is -2.19. The van der Waals surface area contributed by atoms with Crippen LogP contribution in [-0.4, -0.2) is 39.7 Å². The summed E-state index contributed by atoms with van der Waals surface area (Å²) in [5, 5.41) is 9.76. The first-order valence-corrected chi connectivity index (χ1v) is 12.3. The van der Waals surface area contributed by atoms with Crippen molar-refractivity contribution < 1.29 is 43.9 Å². The standard InChI is InChI=1S/C29H25F2NO7.H2/c1-27(2,3)39-26(36)17-6-4-5-16(13-17)24-20(25(34)35)9-8-19(32-24)15-23(33)28(11-12-28)18-7-10-21-22(14-18)38-29(30,31)37-21;/h4-10,13-14H,11-12,15H2,1-3H3,(H,34,35);1H. The molecule has 1 fully saturated rings. The summed E-state index contributed by atoms with van der Waals surface area (Å²) >= 11 is 0. The van der Waals surface area contributed by atoms with Crippen LogP contribution in [0.4, 0.5) is 8.78 Å². The van der Waals surface area contributed by atoms with Gasteiger partial charge in [-0.2, -0.15) is 0 Å². The molecule has 1 N–H and O–H groups in total. The second-order valence-electron chi connectivity index (χ2n) is 10.6. The highest BCUT2D eigenvalue weighted by Gasteiger charge is 2.52. The van der Waals surface area contributed by atoms with Gasteiger partial charge in [-0.25, -0.2) is 9.59 Å². The van der Waals surface area contributed by atoms with Gasteiger partial charge in [0.1, 0.15) is 11.4 Å². The number of halogens is 2. The molecule has 0 saturated heterocycles. The number of ether oxygens (including phenoxy) is 3. The minimum absolute atomic E-state index is 0. The fourth-order valence-corrected chi connectivity index (χ4v) is 4.55. The van der Waals surface area contributed by atoms with Crippen LogP contribution in [0.5, 0.6) is 11.5 Å². The lowest BCUT2D eigenvalue weighted by atomic mass is 9.88. The van der Waals surface area contributed by atoms with Crippen LogP contribution >= 0.6 is 0 Å². The van der Waals surface area contributed by atoms with Crippen molar-refractivity contribution in [3.8, 4) is 22.8 Å². The number of aromatic nitrogens is 1. The largest absolute Gasteiger partial charge is 0.586 e. The zero-order valence-electron chi connectivity index (χ0n) is 21.4. The molecule has 2 heterocycles. The third-order valence-electron chi connectivity index (χ3n) is 6.53. The fourth-order valence-electron chi connectivity index (χ4n) is 4.55. The number of aromatic carboxylic acids is 1. The number of benzene rings is 2. The molecule has 2 aromatic carbocycles. The molecule has 1 aromatic heterocycles. The van der Waals surface area contributed by atoms with Gasteiger partial charge in [0.2, 0.25) is 0 Å². The van der Waals surface area contributed by atoms with E-state index in [9.17, 15) is 28.3 Å². The van der Waals surface area contributed by atoms with Crippen LogP contribution in [0.3, 0.4) is 0 Å². The Bertz CT molecular complexity index is 1510. The number of carboxylic acids is 1. The van der Waals surface area contributed by atoms with Crippen LogP contribution in [0, 0.1) is 0 Å². The summed E-state index contributed by atoms with van der Waals surface area (Å²) < 4.78 is 41.3. The Balaban J connectivity index is 0.00000370. The third kappa shape index (κ3) is 5.32. The van der Waals surface area contributed by atoms with Gasteiger partial charge in [-0.15, -0.1) is 8.78 Å². The molecular formula is C29H27F2NO7. The Morgan fingerprint density at radius 1 is 1.03 bits per heavy atom. The fraction of sp³-hybridized carbons (Fsp3) is 0.310. The Hall–Kier alpha value is -4.34. The number of hydrogen-bond donors (Lipinski definition) is 1. The highest BCUT2D eigenvalue weighted by Crippen LogP contribution is 2.52. The number of ketones is 1. The lowest BCUT2D eigenvalue weighted by molar-refractivity contribution is -0.286. The first kappa shape index (κ1) is 26.3. The maximum atomic E-state index is 13.4. The third-order valence-corrected chi connectivity index (χ3v) is 6.53. The van der Waals surface area contributed by atoms with Gasteiger partial charge in [-0.05, 0) is 75.6 Å². The van der Waals surface area contributed by atoms with Crippen molar-refractivity contribution in [1.29, 1.82) is 0 Å². The van der Waals surface area contributed by atoms with E-state index in [1.807, 2.05) is 0 Å². The summed E-state index contributed by atoms with van der Waals surface area (Å²) in [5.74, 6) is -2.19. The molecule has 0 radical (unpaired) electrons. The van der Waals surface area contributed by atoms with Gasteiger partial charge >= 0.3 is 18.2 Å². The summed E-state index contributed by atoms with van der Waals surface area (Å²) in [5.41, 5.74) is -0.0921. The molecule has 0 spiro atoms. The van der Waals surface area contributed by atoms with Gasteiger partial charge in [0.15, 0.2) is 11.5 Å². The Morgan fingerprint density at radius 2 is 1.74 bits per heavy atom. The smallest absolute Gasteiger partial charge is 0.478 e. The Morgan fingerprint density at radius 3 is 2.41 bits per heavy atom. The molecule has 5 rings (SSSR count). The minimum Gasteiger partial charge on any atom is -0.478 e. The number of carboxylic acid groups (broad SMARTS) is 1. The molecule has 10 heteroatoms. The molecule has 0 bridgehead atoms. The van der Waals surface area contributed by atoms with E-state index in [0.29, 0.717) is 29.7 Å². The van der Waals surface area contributed by atoms with E-state index in [-0.39, 0.29) is 42.0 Å². The molecule has 8 nitrogen and oxygen atoms in total. The molecule has 0 unspecified atom stereocenters. The van der Waals surface area contributed by atoms with Crippen molar-refractivity contribution in [2.24, 2.45) is 0 Å². The molecule has 1 aliphatic heterocycles. The zero-order chi connectivity index (χ0) is 28.2. The van der Waals surface area contributed by atoms with Crippen LogP contribution in [0.15, 0.2) is 54.6 Å². The number of fused-ring (bicyclic) bond motifs is 1. The number of Topliss-reactive ketones (excluding diaryl/α,β-unsaturated/α-hetero) is 1. The van der Waals surface area contributed by atoms with Crippen molar-refractivity contribution in [2.75, 3.05) is 0 Å². The van der Waals surface area contributed by atoms with E-state index >= 15 is 0 Å². The van der Waals surface area contributed by atoms with E-state index < -0.39 is 29.2 Å². The second kappa shape index (κ2) is 9.14. The van der Waals surface area contributed by atoms with Gasteiger partial charge in [0.05, 0.1) is 22.2 Å². The van der Waals surface area contributed by atoms with Gasteiger partial charge in [0, 0.05) is 19.1 Å². The minimum atomic E-state index is -3.76. The van der Waals surface area contributed by atoms with Crippen LogP contribution in [-0.2, 0) is 21.4 Å². The summed E-state index contributed by atoms with van der Waals surface area (Å²) in [6, 6.07) is 13.5. The maximum absolute atomic E-state index is 13.4. The van der Waals surface area contributed by atoms with Crippen LogP contribution in [0.25, 0.3) is 11.3 Å². The van der Waals surface area contributed by atoms with Crippen molar-refractivity contribution >= 4 is 17.7 Å². The number of rotatable bonds is 7. The van der Waals surface area contributed by atoms with E-state index in [1.165, 1.54) is 30.3 Å². The van der Waals surface area contributed by atoms with Crippen LogP contribution < -0.4 is 9.47 Å². The summed E-state index contributed by atoms with van der Waals surface area (Å²) in [6.07, 6.45) is -2.81. The number of carbonyl (C=O) groups is 3. The Labute approximate surface area is 224 Å². The summed E-state index contributed by atoms with van der Waals surface area (Å²) in [4.78, 5) is 42.4. The van der Waals surface area contributed by atoms with Crippen molar-refractivity contribution in [3.05, 3.63) is 77.0 Å². The quantitative estimate of drug-likeness (QED) is 0.374. The molecule has 1 aliphatic carbocycles. The van der Waals surface area contributed by atoms with Crippen molar-refractivity contribution in [2.45, 2.75) is 57.3 Å². The molecule has 39 heavy (non-hydrogen) atoms. The molecule has 1 saturated carbocycles. The number of esters is 1. The Kier molecular flexibility index (Phi) is 6.16. The van der Waals surface area contributed by atoms with Gasteiger partial charge in [0.25, 0.3) is 0 Å². The molecular weight excluding hydrogens is 512 g/mol. The maximum Gasteiger partial charge on any atom is 0.586 e. The normalized spacial score (nSPS) is 16.4.